The molecule has 0 radical (unpaired) electrons. The molecule has 1 heterocycles. The number of nitrogens with one attached hydrogen (secondary N) is 2. The molecule has 0 bridgehead atoms. The molecule has 0 unspecified atom stereocenters. The number of hydrogen-bond donors (Lipinski definition) is 2. The van der Waals surface area contributed by atoms with Crippen molar-refractivity contribution in [3.63, 3.8) is 0 Å². The molecule has 20 heavy (non-hydrogen) atoms. The largest absolute Gasteiger partial charge is 0.338 e. The summed E-state index contributed by atoms with van der Waals surface area (Å²) in [6.07, 6.45) is 1.21. The van der Waals surface area contributed by atoms with Gasteiger partial charge in [0.1, 0.15) is 5.82 Å². The van der Waals surface area contributed by atoms with Gasteiger partial charge in [0.2, 0.25) is 0 Å². The molecule has 2 N–H and O–H groups in total. The van der Waals surface area contributed by atoms with Crippen molar-refractivity contribution in [3.8, 4) is 0 Å². The predicted octanol–water partition coefficient (Wildman–Crippen LogP) is 1.79. The Balaban J connectivity index is 1.88. The standard InChI is InChI=1S/C14H19ClFN3S/c1-2-5-18-6-8-19(9-7-18)14(20)17-11-3-4-13(16)12(15)10-11/h3-4,10H,2,5-9H2,1H3,(H,17,20)/p+1. The van der Waals surface area contributed by atoms with Crippen LogP contribution in [0.3, 0.4) is 0 Å². The highest BCUT2D eigenvalue weighted by Crippen LogP contribution is 2.19. The first kappa shape index (κ1) is 15.5. The fourth-order valence-electron chi connectivity index (χ4n) is 2.41. The lowest BCUT2D eigenvalue weighted by molar-refractivity contribution is -0.903. The van der Waals surface area contributed by atoms with Crippen LogP contribution in [0.4, 0.5) is 10.1 Å². The Morgan fingerprint density at radius 1 is 1.45 bits per heavy atom. The van der Waals surface area contributed by atoms with Crippen LogP contribution in [-0.4, -0.2) is 42.7 Å². The summed E-state index contributed by atoms with van der Waals surface area (Å²) in [5.74, 6) is -0.417. The van der Waals surface area contributed by atoms with E-state index < -0.39 is 5.82 Å². The molecule has 3 nitrogen and oxygen atoms in total. The van der Waals surface area contributed by atoms with Gasteiger partial charge in [-0.2, -0.15) is 0 Å². The summed E-state index contributed by atoms with van der Waals surface area (Å²) >= 11 is 11.2. The summed E-state index contributed by atoms with van der Waals surface area (Å²) in [6, 6.07) is 4.55. The van der Waals surface area contributed by atoms with E-state index in [1.54, 1.807) is 17.0 Å². The van der Waals surface area contributed by atoms with Gasteiger partial charge in [-0.05, 0) is 36.8 Å². The van der Waals surface area contributed by atoms with Crippen molar-refractivity contribution in [2.45, 2.75) is 13.3 Å². The van der Waals surface area contributed by atoms with Crippen molar-refractivity contribution in [2.75, 3.05) is 38.0 Å². The number of rotatable bonds is 3. The number of thiocarbonyl (C=S) groups is 1. The maximum absolute atomic E-state index is 13.1. The van der Waals surface area contributed by atoms with Gasteiger partial charge in [-0.15, -0.1) is 0 Å². The number of quaternary nitrogens is 1. The van der Waals surface area contributed by atoms with Gasteiger partial charge in [0.15, 0.2) is 5.11 Å². The number of halogens is 2. The van der Waals surface area contributed by atoms with E-state index in [4.69, 9.17) is 23.8 Å². The summed E-state index contributed by atoms with van der Waals surface area (Å²) in [5, 5.41) is 3.91. The predicted molar refractivity (Wildman–Crippen MR) is 85.1 cm³/mol. The molecule has 6 heteroatoms. The van der Waals surface area contributed by atoms with Crippen LogP contribution in [-0.2, 0) is 0 Å². The highest BCUT2D eigenvalue weighted by atomic mass is 35.5. The third-order valence-corrected chi connectivity index (χ3v) is 4.18. The molecule has 1 aliphatic rings. The number of nitrogens with zero attached hydrogens (tertiary/aromatic N) is 1. The molecular formula is C14H20ClFN3S+. The Labute approximate surface area is 129 Å². The average molecular weight is 317 g/mol. The molecule has 1 aromatic rings. The van der Waals surface area contributed by atoms with Crippen LogP contribution >= 0.6 is 23.8 Å². The first-order chi connectivity index (χ1) is 9.60. The normalized spacial score (nSPS) is 16.2. The van der Waals surface area contributed by atoms with E-state index >= 15 is 0 Å². The van der Waals surface area contributed by atoms with Crippen LogP contribution in [0.25, 0.3) is 0 Å². The van der Waals surface area contributed by atoms with Crippen molar-refractivity contribution < 1.29 is 9.29 Å². The van der Waals surface area contributed by atoms with Crippen molar-refractivity contribution in [1.82, 2.24) is 4.90 Å². The zero-order valence-electron chi connectivity index (χ0n) is 11.6. The molecular weight excluding hydrogens is 297 g/mol. The third kappa shape index (κ3) is 4.04. The van der Waals surface area contributed by atoms with Crippen LogP contribution < -0.4 is 10.2 Å². The Bertz CT molecular complexity index is 475. The highest BCUT2D eigenvalue weighted by Gasteiger charge is 2.21. The van der Waals surface area contributed by atoms with Crippen molar-refractivity contribution in [1.29, 1.82) is 0 Å². The maximum Gasteiger partial charge on any atom is 0.173 e. The van der Waals surface area contributed by atoms with Crippen LogP contribution in [0.2, 0.25) is 5.02 Å². The lowest BCUT2D eigenvalue weighted by atomic mass is 10.3. The van der Waals surface area contributed by atoms with Crippen LogP contribution in [0.1, 0.15) is 13.3 Å². The molecule has 0 atom stereocenters. The summed E-state index contributed by atoms with van der Waals surface area (Å²) in [5.41, 5.74) is 0.727. The van der Waals surface area contributed by atoms with E-state index in [9.17, 15) is 4.39 Å². The molecule has 1 fully saturated rings. The van der Waals surface area contributed by atoms with Gasteiger partial charge >= 0.3 is 0 Å². The second-order valence-corrected chi connectivity index (χ2v) is 5.84. The molecule has 110 valence electrons. The maximum atomic E-state index is 13.1. The molecule has 1 aromatic carbocycles. The minimum atomic E-state index is -0.417. The average Bonchev–Trinajstić information content (AvgIpc) is 2.44. The van der Waals surface area contributed by atoms with E-state index in [-0.39, 0.29) is 5.02 Å². The molecule has 0 aliphatic carbocycles. The van der Waals surface area contributed by atoms with Crippen molar-refractivity contribution >= 4 is 34.6 Å². The monoisotopic (exact) mass is 316 g/mol. The molecule has 1 saturated heterocycles. The highest BCUT2D eigenvalue weighted by molar-refractivity contribution is 7.80. The van der Waals surface area contributed by atoms with E-state index in [0.717, 1.165) is 31.9 Å². The molecule has 0 aromatic heterocycles. The van der Waals surface area contributed by atoms with Gasteiger partial charge in [-0.25, -0.2) is 4.39 Å². The van der Waals surface area contributed by atoms with E-state index in [1.165, 1.54) is 19.0 Å². The fourth-order valence-corrected chi connectivity index (χ4v) is 2.89. The Morgan fingerprint density at radius 3 is 2.75 bits per heavy atom. The number of piperazine rings is 1. The topological polar surface area (TPSA) is 19.7 Å². The van der Waals surface area contributed by atoms with Crippen molar-refractivity contribution in [2.24, 2.45) is 0 Å². The summed E-state index contributed by atoms with van der Waals surface area (Å²) in [7, 11) is 0. The van der Waals surface area contributed by atoms with E-state index in [1.807, 2.05) is 0 Å². The van der Waals surface area contributed by atoms with Gasteiger partial charge in [0.25, 0.3) is 0 Å². The first-order valence-corrected chi connectivity index (χ1v) is 7.73. The third-order valence-electron chi connectivity index (χ3n) is 3.53. The minimum absolute atomic E-state index is 0.106. The molecule has 0 saturated carbocycles. The molecule has 1 aliphatic heterocycles. The van der Waals surface area contributed by atoms with Gasteiger partial charge in [-0.3, -0.25) is 0 Å². The van der Waals surface area contributed by atoms with Gasteiger partial charge in [0, 0.05) is 5.69 Å². The molecule has 2 rings (SSSR count). The van der Waals surface area contributed by atoms with Crippen molar-refractivity contribution in [3.05, 3.63) is 29.0 Å². The smallest absolute Gasteiger partial charge is 0.173 e. The lowest BCUT2D eigenvalue weighted by Crippen LogP contribution is -3.14. The number of hydrogen-bond acceptors (Lipinski definition) is 1. The SMILES string of the molecule is CCC[NH+]1CCN(C(=S)Nc2ccc(F)c(Cl)c2)CC1. The second-order valence-electron chi connectivity index (χ2n) is 5.05. The zero-order chi connectivity index (χ0) is 14.5. The van der Waals surface area contributed by atoms with Gasteiger partial charge in [-0.1, -0.05) is 18.5 Å². The molecule has 0 amide bonds. The summed E-state index contributed by atoms with van der Waals surface area (Å²) < 4.78 is 13.1. The second kappa shape index (κ2) is 7.20. The minimum Gasteiger partial charge on any atom is -0.338 e. The van der Waals surface area contributed by atoms with Crippen LogP contribution in [0.15, 0.2) is 18.2 Å². The van der Waals surface area contributed by atoms with E-state index in [2.05, 4.69) is 17.1 Å². The molecule has 0 spiro atoms. The Kier molecular flexibility index (Phi) is 5.57. The first-order valence-electron chi connectivity index (χ1n) is 6.94. The van der Waals surface area contributed by atoms with Crippen LogP contribution in [0.5, 0.6) is 0 Å². The van der Waals surface area contributed by atoms with Gasteiger partial charge < -0.3 is 15.1 Å². The van der Waals surface area contributed by atoms with Crippen LogP contribution in [0, 0.1) is 5.82 Å². The number of anilines is 1. The quantitative estimate of drug-likeness (QED) is 0.830. The lowest BCUT2D eigenvalue weighted by Gasteiger charge is -2.33. The fraction of sp³-hybridized carbons (Fsp3) is 0.500. The zero-order valence-corrected chi connectivity index (χ0v) is 13.2. The van der Waals surface area contributed by atoms with Gasteiger partial charge in [0.05, 0.1) is 37.7 Å². The Morgan fingerprint density at radius 2 is 2.15 bits per heavy atom. The number of benzene rings is 1. The summed E-state index contributed by atoms with van der Waals surface area (Å²) in [4.78, 5) is 3.79. The summed E-state index contributed by atoms with van der Waals surface area (Å²) in [6.45, 7) is 7.57. The Hall–Kier alpha value is -0.910. The van der Waals surface area contributed by atoms with E-state index in [0.29, 0.717) is 5.11 Å².